The monoisotopic (exact) mass is 514 g/mol. The molecule has 10 heteroatoms. The number of carbonyl (C=O) groups is 1. The molecule has 3 aromatic heterocycles. The molecule has 3 aromatic rings. The summed E-state index contributed by atoms with van der Waals surface area (Å²) in [5.74, 6) is 2.23. The minimum absolute atomic E-state index is 0.166. The smallest absolute Gasteiger partial charge is 0.219 e. The number of ketones is 1. The number of nitrogens with two attached hydrogens (primary N) is 1. The van der Waals surface area contributed by atoms with Crippen molar-refractivity contribution in [2.45, 2.75) is 13.8 Å². The van der Waals surface area contributed by atoms with E-state index in [1.807, 2.05) is 26.1 Å². The maximum Gasteiger partial charge on any atom is 0.219 e. The number of nitrogens with zero attached hydrogens (tertiary/aromatic N) is 7. The van der Waals surface area contributed by atoms with Gasteiger partial charge in [0, 0.05) is 69.0 Å². The molecule has 0 saturated carbocycles. The number of piperazine rings is 1. The van der Waals surface area contributed by atoms with Crippen LogP contribution in [0.2, 0.25) is 0 Å². The van der Waals surface area contributed by atoms with E-state index >= 15 is 0 Å². The number of aromatic nitrogens is 4. The summed E-state index contributed by atoms with van der Waals surface area (Å²) in [4.78, 5) is 36.8. The quantitative estimate of drug-likeness (QED) is 0.472. The van der Waals surface area contributed by atoms with Crippen LogP contribution in [0.15, 0.2) is 54.5 Å². The van der Waals surface area contributed by atoms with Gasteiger partial charge in [-0.2, -0.15) is 0 Å². The van der Waals surface area contributed by atoms with Crippen molar-refractivity contribution in [2.75, 3.05) is 74.6 Å². The summed E-state index contributed by atoms with van der Waals surface area (Å²) in [6.07, 6.45) is 7.04. The largest absolute Gasteiger partial charge is 0.378 e. The summed E-state index contributed by atoms with van der Waals surface area (Å²) >= 11 is 0. The number of rotatable bonds is 7. The molecule has 0 aromatic carbocycles. The third-order valence-corrected chi connectivity index (χ3v) is 6.72. The lowest BCUT2D eigenvalue weighted by molar-refractivity contribution is -0.115. The number of anilines is 3. The molecule has 0 atom stereocenters. The Morgan fingerprint density at radius 1 is 0.868 bits per heavy atom. The molecule has 0 bridgehead atoms. The highest BCUT2D eigenvalue weighted by Gasteiger charge is 2.20. The van der Waals surface area contributed by atoms with Crippen molar-refractivity contribution in [3.63, 3.8) is 0 Å². The lowest BCUT2D eigenvalue weighted by Crippen LogP contribution is -2.48. The number of nitrogen functional groups attached to an aromatic ring is 1. The van der Waals surface area contributed by atoms with Crippen molar-refractivity contribution < 1.29 is 9.53 Å². The fraction of sp³-hybridized carbons (Fsp3) is 0.393. The second-order valence-electron chi connectivity index (χ2n) is 9.88. The fourth-order valence-corrected chi connectivity index (χ4v) is 4.72. The molecule has 0 unspecified atom stereocenters. The molecule has 198 valence electrons. The van der Waals surface area contributed by atoms with Crippen molar-refractivity contribution in [3.8, 4) is 22.4 Å². The van der Waals surface area contributed by atoms with Gasteiger partial charge in [-0.3, -0.25) is 9.69 Å². The van der Waals surface area contributed by atoms with Crippen molar-refractivity contribution >= 4 is 23.4 Å². The molecule has 2 fully saturated rings. The first kappa shape index (κ1) is 25.7. The second kappa shape index (κ2) is 11.7. The molecule has 0 amide bonds. The first-order chi connectivity index (χ1) is 18.4. The van der Waals surface area contributed by atoms with E-state index in [0.29, 0.717) is 19.8 Å². The first-order valence-corrected chi connectivity index (χ1v) is 13.0. The summed E-state index contributed by atoms with van der Waals surface area (Å²) in [5, 5.41) is 0. The van der Waals surface area contributed by atoms with E-state index in [9.17, 15) is 4.79 Å². The van der Waals surface area contributed by atoms with Gasteiger partial charge < -0.3 is 20.3 Å². The average molecular weight is 515 g/mol. The number of morpholine rings is 1. The Morgan fingerprint density at radius 2 is 1.55 bits per heavy atom. The number of hydrogen-bond acceptors (Lipinski definition) is 10. The second-order valence-corrected chi connectivity index (χ2v) is 9.88. The Kier molecular flexibility index (Phi) is 7.90. The minimum Gasteiger partial charge on any atom is -0.378 e. The van der Waals surface area contributed by atoms with Gasteiger partial charge in [0.15, 0.2) is 5.78 Å². The Morgan fingerprint density at radius 3 is 2.21 bits per heavy atom. The predicted octanol–water partition coefficient (Wildman–Crippen LogP) is 2.68. The Bertz CT molecular complexity index is 1280. The summed E-state index contributed by atoms with van der Waals surface area (Å²) in [5.41, 5.74) is 10.4. The highest BCUT2D eigenvalue weighted by atomic mass is 16.5. The molecule has 5 heterocycles. The Balaban J connectivity index is 1.33. The van der Waals surface area contributed by atoms with Gasteiger partial charge in [-0.25, -0.2) is 19.9 Å². The van der Waals surface area contributed by atoms with Crippen LogP contribution in [-0.4, -0.2) is 89.6 Å². The zero-order valence-electron chi connectivity index (χ0n) is 22.0. The number of ether oxygens (including phenoxy) is 1. The number of carbonyl (C=O) groups excluding carboxylic acids is 1. The van der Waals surface area contributed by atoms with Crippen LogP contribution in [-0.2, 0) is 9.53 Å². The highest BCUT2D eigenvalue weighted by Crippen LogP contribution is 2.30. The van der Waals surface area contributed by atoms with Crippen LogP contribution in [0.1, 0.15) is 13.8 Å². The van der Waals surface area contributed by atoms with Crippen LogP contribution in [0.3, 0.4) is 0 Å². The molecule has 2 aliphatic rings. The van der Waals surface area contributed by atoms with Gasteiger partial charge in [0.1, 0.15) is 11.6 Å². The van der Waals surface area contributed by atoms with E-state index in [2.05, 4.69) is 42.9 Å². The molecular weight excluding hydrogens is 480 g/mol. The van der Waals surface area contributed by atoms with Crippen molar-refractivity contribution in [1.29, 1.82) is 0 Å². The maximum atomic E-state index is 12.1. The van der Waals surface area contributed by atoms with E-state index in [1.54, 1.807) is 18.5 Å². The van der Waals surface area contributed by atoms with Crippen LogP contribution < -0.4 is 15.5 Å². The summed E-state index contributed by atoms with van der Waals surface area (Å²) in [6.45, 7) is 10.7. The van der Waals surface area contributed by atoms with Gasteiger partial charge in [0.05, 0.1) is 25.5 Å². The summed E-state index contributed by atoms with van der Waals surface area (Å²) < 4.78 is 5.54. The fourth-order valence-electron chi connectivity index (χ4n) is 4.72. The van der Waals surface area contributed by atoms with E-state index in [4.69, 9.17) is 20.4 Å². The Labute approximate surface area is 223 Å². The maximum absolute atomic E-state index is 12.1. The van der Waals surface area contributed by atoms with Crippen LogP contribution >= 0.6 is 0 Å². The van der Waals surface area contributed by atoms with Crippen molar-refractivity contribution in [1.82, 2.24) is 24.8 Å². The Hall–Kier alpha value is -3.89. The van der Waals surface area contributed by atoms with E-state index in [-0.39, 0.29) is 11.7 Å². The molecule has 0 radical (unpaired) electrons. The van der Waals surface area contributed by atoms with Gasteiger partial charge in [-0.15, -0.1) is 0 Å². The van der Waals surface area contributed by atoms with Gasteiger partial charge in [0.25, 0.3) is 0 Å². The lowest BCUT2D eigenvalue weighted by atomic mass is 10.1. The van der Waals surface area contributed by atoms with Gasteiger partial charge in [-0.1, -0.05) is 5.57 Å². The molecule has 10 nitrogen and oxygen atoms in total. The normalized spacial score (nSPS) is 16.4. The SMILES string of the molecule is CC(C)=CC(=O)CN1CCN(c2ccc(-c3cc(-c4cnc(N)nc4)nc(N4CCOCC4)c3)cn2)CC1. The molecule has 5 rings (SSSR count). The summed E-state index contributed by atoms with van der Waals surface area (Å²) in [7, 11) is 0. The molecule has 2 aliphatic heterocycles. The van der Waals surface area contributed by atoms with E-state index in [1.165, 1.54) is 0 Å². The lowest BCUT2D eigenvalue weighted by Gasteiger charge is -2.35. The molecule has 38 heavy (non-hydrogen) atoms. The van der Waals surface area contributed by atoms with Crippen LogP contribution in [0.4, 0.5) is 17.6 Å². The number of hydrogen-bond donors (Lipinski definition) is 1. The van der Waals surface area contributed by atoms with Crippen molar-refractivity contribution in [3.05, 3.63) is 54.5 Å². The number of allylic oxidation sites excluding steroid dienone is 1. The topological polar surface area (TPSA) is 114 Å². The molecule has 0 aliphatic carbocycles. The average Bonchev–Trinajstić information content (AvgIpc) is 2.94. The molecule has 2 N–H and O–H groups in total. The zero-order chi connectivity index (χ0) is 26.5. The van der Waals surface area contributed by atoms with Crippen LogP contribution in [0.5, 0.6) is 0 Å². The molecule has 2 saturated heterocycles. The zero-order valence-corrected chi connectivity index (χ0v) is 22.0. The van der Waals surface area contributed by atoms with Crippen molar-refractivity contribution in [2.24, 2.45) is 0 Å². The van der Waals surface area contributed by atoms with E-state index < -0.39 is 0 Å². The molecular formula is C28H34N8O2. The van der Waals surface area contributed by atoms with Gasteiger partial charge >= 0.3 is 0 Å². The number of pyridine rings is 2. The highest BCUT2D eigenvalue weighted by molar-refractivity contribution is 5.91. The standard InChI is InChI=1S/C28H34N8O2/c1-20(2)13-24(37)19-34-5-7-35(8-6-34)26-4-3-21(16-30-26)22-14-25(23-17-31-28(29)32-18-23)33-27(15-22)36-9-11-38-12-10-36/h3-4,13-18H,5-12,19H2,1-2H3,(H2,29,31,32). The minimum atomic E-state index is 0.166. The predicted molar refractivity (Wildman–Crippen MR) is 149 cm³/mol. The van der Waals surface area contributed by atoms with Gasteiger partial charge in [-0.05, 0) is 49.8 Å². The first-order valence-electron chi connectivity index (χ1n) is 13.0. The summed E-state index contributed by atoms with van der Waals surface area (Å²) in [6, 6.07) is 8.32. The third-order valence-electron chi connectivity index (χ3n) is 6.72. The van der Waals surface area contributed by atoms with Crippen LogP contribution in [0.25, 0.3) is 22.4 Å². The molecule has 0 spiro atoms. The van der Waals surface area contributed by atoms with E-state index in [0.717, 1.165) is 78.9 Å². The van der Waals surface area contributed by atoms with Crippen LogP contribution in [0, 0.1) is 0 Å². The van der Waals surface area contributed by atoms with Gasteiger partial charge in [0.2, 0.25) is 5.95 Å². The third kappa shape index (κ3) is 6.32.